The zero-order valence-electron chi connectivity index (χ0n) is 8.83. The first-order valence-corrected chi connectivity index (χ1v) is 4.49. The number of hydrogen-bond acceptors (Lipinski definition) is 3. The number of esters is 1. The minimum Gasteiger partial charge on any atom is -0.469 e. The van der Waals surface area contributed by atoms with Crippen LogP contribution in [0.4, 0.5) is 0 Å². The van der Waals surface area contributed by atoms with Gasteiger partial charge in [-0.1, -0.05) is 13.0 Å². The smallest absolute Gasteiger partial charge is 0.309 e. The SMILES string of the molecule is C=CC(C)NC(C)C(C)C(=O)OC. The summed E-state index contributed by atoms with van der Waals surface area (Å²) in [6.07, 6.45) is 1.81. The Morgan fingerprint density at radius 1 is 1.46 bits per heavy atom. The molecule has 0 heterocycles. The molecule has 0 rings (SSSR count). The van der Waals surface area contributed by atoms with Crippen molar-refractivity contribution in [2.24, 2.45) is 5.92 Å². The number of carbonyl (C=O) groups excluding carboxylic acids is 1. The van der Waals surface area contributed by atoms with E-state index in [4.69, 9.17) is 0 Å². The third-order valence-corrected chi connectivity index (χ3v) is 2.20. The fourth-order valence-electron chi connectivity index (χ4n) is 1.02. The van der Waals surface area contributed by atoms with Crippen LogP contribution in [-0.2, 0) is 9.53 Å². The number of ether oxygens (including phenoxy) is 1. The minimum atomic E-state index is -0.184. The molecule has 0 saturated heterocycles. The Balaban J connectivity index is 4.02. The minimum absolute atomic E-state index is 0.0976. The highest BCUT2D eigenvalue weighted by molar-refractivity contribution is 5.72. The Bertz CT molecular complexity index is 180. The highest BCUT2D eigenvalue weighted by Crippen LogP contribution is 2.05. The summed E-state index contributed by atoms with van der Waals surface area (Å²) in [5.74, 6) is -0.316. The normalized spacial score (nSPS) is 17.2. The average Bonchev–Trinajstić information content (AvgIpc) is 2.14. The van der Waals surface area contributed by atoms with Crippen molar-refractivity contribution in [2.75, 3.05) is 7.11 Å². The number of hydrogen-bond donors (Lipinski definition) is 1. The topological polar surface area (TPSA) is 38.3 Å². The van der Waals surface area contributed by atoms with Crippen molar-refractivity contribution in [1.82, 2.24) is 5.32 Å². The van der Waals surface area contributed by atoms with Crippen LogP contribution in [0.5, 0.6) is 0 Å². The van der Waals surface area contributed by atoms with Gasteiger partial charge in [0.1, 0.15) is 0 Å². The van der Waals surface area contributed by atoms with E-state index in [0.717, 1.165) is 0 Å². The summed E-state index contributed by atoms with van der Waals surface area (Å²) in [4.78, 5) is 11.1. The van der Waals surface area contributed by atoms with Crippen molar-refractivity contribution < 1.29 is 9.53 Å². The second-order valence-electron chi connectivity index (χ2n) is 3.29. The zero-order valence-corrected chi connectivity index (χ0v) is 8.83. The van der Waals surface area contributed by atoms with Crippen LogP contribution in [0.1, 0.15) is 20.8 Å². The first-order chi connectivity index (χ1) is 6.02. The van der Waals surface area contributed by atoms with E-state index in [9.17, 15) is 4.79 Å². The van der Waals surface area contributed by atoms with Crippen LogP contribution in [0.15, 0.2) is 12.7 Å². The molecule has 3 atom stereocenters. The van der Waals surface area contributed by atoms with Crippen LogP contribution >= 0.6 is 0 Å². The largest absolute Gasteiger partial charge is 0.469 e. The maximum absolute atomic E-state index is 11.1. The summed E-state index contributed by atoms with van der Waals surface area (Å²) in [5.41, 5.74) is 0. The molecule has 0 amide bonds. The van der Waals surface area contributed by atoms with Gasteiger partial charge in [0.15, 0.2) is 0 Å². The Kier molecular flexibility index (Phi) is 5.39. The van der Waals surface area contributed by atoms with E-state index in [-0.39, 0.29) is 24.0 Å². The highest BCUT2D eigenvalue weighted by atomic mass is 16.5. The molecule has 0 aliphatic heterocycles. The van der Waals surface area contributed by atoms with Gasteiger partial charge in [-0.2, -0.15) is 0 Å². The molecule has 0 aliphatic rings. The van der Waals surface area contributed by atoms with Gasteiger partial charge < -0.3 is 10.1 Å². The third kappa shape index (κ3) is 4.08. The van der Waals surface area contributed by atoms with E-state index < -0.39 is 0 Å². The summed E-state index contributed by atoms with van der Waals surface area (Å²) in [7, 11) is 1.41. The van der Waals surface area contributed by atoms with Gasteiger partial charge in [-0.25, -0.2) is 0 Å². The lowest BCUT2D eigenvalue weighted by molar-refractivity contribution is -0.145. The molecule has 0 aromatic rings. The second-order valence-corrected chi connectivity index (χ2v) is 3.29. The van der Waals surface area contributed by atoms with E-state index in [0.29, 0.717) is 0 Å². The summed E-state index contributed by atoms with van der Waals surface area (Å²) >= 11 is 0. The van der Waals surface area contributed by atoms with Crippen LogP contribution < -0.4 is 5.32 Å². The van der Waals surface area contributed by atoms with E-state index in [2.05, 4.69) is 16.6 Å². The first-order valence-electron chi connectivity index (χ1n) is 4.49. The molecule has 1 N–H and O–H groups in total. The summed E-state index contributed by atoms with van der Waals surface area (Å²) in [6.45, 7) is 9.46. The maximum atomic E-state index is 11.1. The molecule has 0 aromatic heterocycles. The summed E-state index contributed by atoms with van der Waals surface area (Å²) in [6, 6.07) is 0.308. The number of nitrogens with one attached hydrogen (secondary N) is 1. The predicted octanol–water partition coefficient (Wildman–Crippen LogP) is 1.35. The summed E-state index contributed by atoms with van der Waals surface area (Å²) < 4.78 is 4.64. The molecule has 76 valence electrons. The van der Waals surface area contributed by atoms with Gasteiger partial charge in [0, 0.05) is 12.1 Å². The molecular weight excluding hydrogens is 166 g/mol. The molecule has 0 bridgehead atoms. The average molecular weight is 185 g/mol. The van der Waals surface area contributed by atoms with Gasteiger partial charge >= 0.3 is 5.97 Å². The lowest BCUT2D eigenvalue weighted by Crippen LogP contribution is -2.40. The number of carbonyl (C=O) groups is 1. The molecule has 0 aromatic carbocycles. The maximum Gasteiger partial charge on any atom is 0.309 e. The van der Waals surface area contributed by atoms with Crippen molar-refractivity contribution >= 4 is 5.97 Å². The molecule has 0 saturated carbocycles. The quantitative estimate of drug-likeness (QED) is 0.519. The van der Waals surface area contributed by atoms with E-state index in [1.807, 2.05) is 20.8 Å². The Morgan fingerprint density at radius 3 is 2.38 bits per heavy atom. The molecule has 0 fully saturated rings. The van der Waals surface area contributed by atoms with Crippen molar-refractivity contribution in [3.8, 4) is 0 Å². The fourth-order valence-corrected chi connectivity index (χ4v) is 1.02. The number of methoxy groups -OCH3 is 1. The first kappa shape index (κ1) is 12.2. The van der Waals surface area contributed by atoms with E-state index in [1.54, 1.807) is 6.08 Å². The third-order valence-electron chi connectivity index (χ3n) is 2.20. The molecular formula is C10H19NO2. The van der Waals surface area contributed by atoms with Crippen LogP contribution in [0.3, 0.4) is 0 Å². The van der Waals surface area contributed by atoms with Gasteiger partial charge in [0.2, 0.25) is 0 Å². The van der Waals surface area contributed by atoms with Crippen LogP contribution in [0.25, 0.3) is 0 Å². The van der Waals surface area contributed by atoms with Gasteiger partial charge in [-0.05, 0) is 13.8 Å². The van der Waals surface area contributed by atoms with Gasteiger partial charge in [-0.3, -0.25) is 4.79 Å². The van der Waals surface area contributed by atoms with E-state index in [1.165, 1.54) is 7.11 Å². The Morgan fingerprint density at radius 2 is 2.00 bits per heavy atom. The molecule has 0 aliphatic carbocycles. The van der Waals surface area contributed by atoms with Crippen LogP contribution in [-0.4, -0.2) is 25.2 Å². The Hall–Kier alpha value is -0.830. The van der Waals surface area contributed by atoms with Crippen LogP contribution in [0, 0.1) is 5.92 Å². The van der Waals surface area contributed by atoms with E-state index >= 15 is 0 Å². The molecule has 3 heteroatoms. The zero-order chi connectivity index (χ0) is 10.4. The predicted molar refractivity (Wildman–Crippen MR) is 53.4 cm³/mol. The van der Waals surface area contributed by atoms with Gasteiger partial charge in [-0.15, -0.1) is 6.58 Å². The fraction of sp³-hybridized carbons (Fsp3) is 0.700. The second kappa shape index (κ2) is 5.75. The Labute approximate surface area is 80.2 Å². The lowest BCUT2D eigenvalue weighted by atomic mass is 10.0. The molecule has 3 nitrogen and oxygen atoms in total. The van der Waals surface area contributed by atoms with Crippen LogP contribution in [0.2, 0.25) is 0 Å². The van der Waals surface area contributed by atoms with Gasteiger partial charge in [0.05, 0.1) is 13.0 Å². The lowest BCUT2D eigenvalue weighted by Gasteiger charge is -2.21. The van der Waals surface area contributed by atoms with Crippen molar-refractivity contribution in [2.45, 2.75) is 32.9 Å². The molecule has 0 radical (unpaired) electrons. The molecule has 0 spiro atoms. The highest BCUT2D eigenvalue weighted by Gasteiger charge is 2.20. The molecule has 13 heavy (non-hydrogen) atoms. The summed E-state index contributed by atoms with van der Waals surface area (Å²) in [5, 5.41) is 3.23. The van der Waals surface area contributed by atoms with Crippen molar-refractivity contribution in [3.05, 3.63) is 12.7 Å². The monoisotopic (exact) mass is 185 g/mol. The number of rotatable bonds is 5. The van der Waals surface area contributed by atoms with Crippen molar-refractivity contribution in [1.29, 1.82) is 0 Å². The van der Waals surface area contributed by atoms with Gasteiger partial charge in [0.25, 0.3) is 0 Å². The van der Waals surface area contributed by atoms with Crippen molar-refractivity contribution in [3.63, 3.8) is 0 Å². The standard InChI is InChI=1S/C10H19NO2/c1-6-7(2)11-9(4)8(3)10(12)13-5/h6-9,11H,1H2,2-5H3. The molecule has 3 unspecified atom stereocenters.